The molecule has 4 fully saturated rings. The lowest BCUT2D eigenvalue weighted by Gasteiger charge is -2.44. The molecule has 1 amide bonds. The van der Waals surface area contributed by atoms with Crippen LogP contribution in [-0.2, 0) is 4.79 Å². The quantitative estimate of drug-likeness (QED) is 0.525. The van der Waals surface area contributed by atoms with Gasteiger partial charge >= 0.3 is 0 Å². The van der Waals surface area contributed by atoms with Crippen LogP contribution in [0.2, 0.25) is 0 Å². The highest BCUT2D eigenvalue weighted by Crippen LogP contribution is 2.33. The molecule has 4 N–H and O–H groups in total. The second kappa shape index (κ2) is 9.51. The lowest BCUT2D eigenvalue weighted by molar-refractivity contribution is -0.124. The van der Waals surface area contributed by atoms with Crippen molar-refractivity contribution in [3.05, 3.63) is 23.4 Å². The van der Waals surface area contributed by atoms with E-state index in [-0.39, 0.29) is 19.2 Å². The van der Waals surface area contributed by atoms with Crippen LogP contribution >= 0.6 is 0 Å². The molecule has 31 heavy (non-hydrogen) atoms. The van der Waals surface area contributed by atoms with Crippen LogP contribution in [0, 0.1) is 16.7 Å². The maximum atomic E-state index is 13.7. The topological polar surface area (TPSA) is 125 Å². The first-order valence-electron chi connectivity index (χ1n) is 10.8. The third-order valence-corrected chi connectivity index (χ3v) is 6.56. The van der Waals surface area contributed by atoms with Crippen LogP contribution in [0.1, 0.15) is 12.8 Å². The molecule has 1 aromatic rings. The minimum absolute atomic E-state index is 0.0582. The van der Waals surface area contributed by atoms with Gasteiger partial charge in [-0.25, -0.2) is 4.39 Å². The van der Waals surface area contributed by atoms with Crippen molar-refractivity contribution in [1.29, 1.82) is 0 Å². The summed E-state index contributed by atoms with van der Waals surface area (Å²) in [6.07, 6.45) is 2.42. The van der Waals surface area contributed by atoms with Gasteiger partial charge in [-0.15, -0.1) is 4.91 Å². The molecule has 2 bridgehead atoms. The number of carbonyl (C=O) groups excluding carboxylic acids is 1. The van der Waals surface area contributed by atoms with Crippen molar-refractivity contribution in [1.82, 2.24) is 20.1 Å². The van der Waals surface area contributed by atoms with Crippen molar-refractivity contribution in [2.24, 2.45) is 22.7 Å². The Labute approximate surface area is 180 Å². The summed E-state index contributed by atoms with van der Waals surface area (Å²) < 4.78 is 20.0. The number of amides is 1. The Morgan fingerprint density at radius 3 is 2.84 bits per heavy atom. The largest absolute Gasteiger partial charge is 0.487 e. The molecule has 0 aliphatic carbocycles. The number of nitroso groups, excluding NO2 is 1. The maximum Gasteiger partial charge on any atom is 0.234 e. The fourth-order valence-electron chi connectivity index (χ4n) is 4.85. The van der Waals surface area contributed by atoms with E-state index in [9.17, 15) is 14.1 Å². The summed E-state index contributed by atoms with van der Waals surface area (Å²) in [5, 5.41) is 8.64. The van der Waals surface area contributed by atoms with Crippen molar-refractivity contribution >= 4 is 11.6 Å². The predicted octanol–water partition coefficient (Wildman–Crippen LogP) is 0.360. The van der Waals surface area contributed by atoms with Crippen molar-refractivity contribution in [3.8, 4) is 5.75 Å². The zero-order chi connectivity index (χ0) is 22.0. The number of hydrogen-bond acceptors (Lipinski definition) is 9. The number of ether oxygens (including phenoxy) is 1. The number of hydrogen-bond donors (Lipinski definition) is 3. The van der Waals surface area contributed by atoms with Crippen LogP contribution in [0.3, 0.4) is 0 Å². The lowest BCUT2D eigenvalue weighted by atomic mass is 9.86. The van der Waals surface area contributed by atoms with E-state index in [4.69, 9.17) is 10.5 Å². The lowest BCUT2D eigenvalue weighted by Crippen LogP contribution is -2.62. The van der Waals surface area contributed by atoms with Crippen LogP contribution in [0.5, 0.6) is 5.75 Å². The molecular weight excluding hydrogens is 405 g/mol. The number of carbonyl (C=O) groups is 1. The van der Waals surface area contributed by atoms with E-state index in [1.54, 1.807) is 24.2 Å². The summed E-state index contributed by atoms with van der Waals surface area (Å²) in [5.41, 5.74) is 6.29. The predicted molar refractivity (Wildman–Crippen MR) is 113 cm³/mol. The monoisotopic (exact) mass is 435 g/mol. The molecule has 4 aliphatic rings. The second-order valence-corrected chi connectivity index (χ2v) is 8.67. The zero-order valence-corrected chi connectivity index (χ0v) is 17.6. The number of nitrogens with two attached hydrogens (primary N) is 1. The zero-order valence-electron chi connectivity index (χ0n) is 17.6. The van der Waals surface area contributed by atoms with Crippen LogP contribution in [0.25, 0.3) is 0 Å². The number of nitrogens with zero attached hydrogens (tertiary/aromatic N) is 4. The molecule has 11 heteroatoms. The second-order valence-electron chi connectivity index (χ2n) is 8.67. The molecular formula is C20H30FN7O3. The number of anilines is 1. The van der Waals surface area contributed by atoms with Crippen LogP contribution < -0.4 is 21.1 Å². The Hall–Kier alpha value is -2.21. The van der Waals surface area contributed by atoms with Gasteiger partial charge in [0, 0.05) is 31.9 Å². The minimum atomic E-state index is -1.29. The average Bonchev–Trinajstić information content (AvgIpc) is 2.77. The van der Waals surface area contributed by atoms with E-state index in [0.29, 0.717) is 17.4 Å². The molecule has 0 aromatic carbocycles. The van der Waals surface area contributed by atoms with Gasteiger partial charge in [-0.05, 0) is 38.9 Å². The molecule has 5 heterocycles. The summed E-state index contributed by atoms with van der Waals surface area (Å²) in [6.45, 7) is 3.28. The fraction of sp³-hybridized carbons (Fsp3) is 0.700. The van der Waals surface area contributed by atoms with Crippen molar-refractivity contribution in [2.45, 2.75) is 37.4 Å². The number of fused-ring (bicyclic) bond motifs is 3. The summed E-state index contributed by atoms with van der Waals surface area (Å²) in [5.74, 6) is -0.487. The molecule has 4 aliphatic heterocycles. The molecule has 0 saturated carbocycles. The summed E-state index contributed by atoms with van der Waals surface area (Å²) in [6, 6.07) is 1.72. The van der Waals surface area contributed by atoms with E-state index < -0.39 is 30.3 Å². The Balaban J connectivity index is 1.49. The number of pyridine rings is 1. The SMILES string of the molecule is CN1CC(F)CNC1C(C(=O)Nc1cnccc1OC1CN2CCC1CC2)C(N)N=O. The van der Waals surface area contributed by atoms with Crippen molar-refractivity contribution < 1.29 is 13.9 Å². The molecule has 10 nitrogen and oxygen atoms in total. The number of rotatable bonds is 7. The van der Waals surface area contributed by atoms with E-state index in [1.807, 2.05) is 0 Å². The number of nitrogens with one attached hydrogen (secondary N) is 2. The number of aromatic nitrogens is 1. The van der Waals surface area contributed by atoms with Crippen LogP contribution in [0.15, 0.2) is 23.6 Å². The van der Waals surface area contributed by atoms with E-state index >= 15 is 0 Å². The van der Waals surface area contributed by atoms with Gasteiger partial charge in [-0.3, -0.25) is 24.9 Å². The summed E-state index contributed by atoms with van der Waals surface area (Å²) in [4.78, 5) is 32.5. The van der Waals surface area contributed by atoms with Gasteiger partial charge in [-0.1, -0.05) is 5.18 Å². The van der Waals surface area contributed by atoms with Crippen molar-refractivity contribution in [2.75, 3.05) is 45.1 Å². The minimum Gasteiger partial charge on any atom is -0.487 e. The normalized spacial score (nSPS) is 32.8. The van der Waals surface area contributed by atoms with Crippen LogP contribution in [-0.4, -0.2) is 85.1 Å². The van der Waals surface area contributed by atoms with Crippen molar-refractivity contribution in [3.63, 3.8) is 0 Å². The molecule has 4 saturated heterocycles. The van der Waals surface area contributed by atoms with E-state index in [1.165, 1.54) is 6.20 Å². The van der Waals surface area contributed by atoms with Gasteiger partial charge in [-0.2, -0.15) is 0 Å². The molecule has 0 spiro atoms. The fourth-order valence-corrected chi connectivity index (χ4v) is 4.85. The first-order valence-corrected chi connectivity index (χ1v) is 10.8. The van der Waals surface area contributed by atoms with E-state index in [0.717, 1.165) is 32.5 Å². The van der Waals surface area contributed by atoms with Gasteiger partial charge in [0.25, 0.3) is 0 Å². The Bertz CT molecular complexity index is 792. The molecule has 5 unspecified atom stereocenters. The summed E-state index contributed by atoms with van der Waals surface area (Å²) >= 11 is 0. The maximum absolute atomic E-state index is 13.7. The number of alkyl halides is 1. The smallest absolute Gasteiger partial charge is 0.234 e. The standard InChI is InChI=1S/C20H30FN7O3/c1-27-10-13(21)8-24-19(27)17(18(22)26-30)20(29)25-14-9-23-5-2-15(14)31-16-11-28-6-3-12(16)4-7-28/h2,5,9,12-13,16-19,24H,3-4,6-8,10-11,22H2,1H3,(H,25,29). The third kappa shape index (κ3) is 4.84. The van der Waals surface area contributed by atoms with Gasteiger partial charge in [0.2, 0.25) is 5.91 Å². The van der Waals surface area contributed by atoms with Gasteiger partial charge in [0.1, 0.15) is 29.6 Å². The highest BCUT2D eigenvalue weighted by atomic mass is 19.1. The first kappa shape index (κ1) is 22.0. The molecule has 5 rings (SSSR count). The molecule has 170 valence electrons. The Kier molecular flexibility index (Phi) is 6.75. The Morgan fingerprint density at radius 2 is 2.19 bits per heavy atom. The molecule has 5 atom stereocenters. The average molecular weight is 436 g/mol. The van der Waals surface area contributed by atoms with E-state index in [2.05, 4.69) is 25.7 Å². The highest BCUT2D eigenvalue weighted by molar-refractivity contribution is 5.94. The number of piperidine rings is 3. The highest BCUT2D eigenvalue weighted by Gasteiger charge is 2.40. The summed E-state index contributed by atoms with van der Waals surface area (Å²) in [7, 11) is 1.67. The van der Waals surface area contributed by atoms with Gasteiger partial charge < -0.3 is 15.8 Å². The van der Waals surface area contributed by atoms with Gasteiger partial charge in [0.05, 0.1) is 12.4 Å². The van der Waals surface area contributed by atoms with Crippen LogP contribution in [0.4, 0.5) is 10.1 Å². The molecule has 1 aromatic heterocycles. The third-order valence-electron chi connectivity index (χ3n) is 6.56. The Morgan fingerprint density at radius 1 is 1.42 bits per heavy atom. The van der Waals surface area contributed by atoms with Gasteiger partial charge in [0.15, 0.2) is 6.17 Å². The first-order chi connectivity index (χ1) is 15.0. The molecule has 0 radical (unpaired) electrons. The number of halogens is 1.